The Morgan fingerprint density at radius 2 is 2.10 bits per heavy atom. The zero-order chi connectivity index (χ0) is 14.3. The van der Waals surface area contributed by atoms with Gasteiger partial charge < -0.3 is 4.52 Å². The van der Waals surface area contributed by atoms with E-state index in [2.05, 4.69) is 44.1 Å². The summed E-state index contributed by atoms with van der Waals surface area (Å²) in [7, 11) is 0. The molecule has 0 spiro atoms. The van der Waals surface area contributed by atoms with E-state index in [0.29, 0.717) is 18.6 Å². The van der Waals surface area contributed by atoms with Gasteiger partial charge in [-0.3, -0.25) is 4.79 Å². The summed E-state index contributed by atoms with van der Waals surface area (Å²) in [6, 6.07) is 8.26. The van der Waals surface area contributed by atoms with Crippen LogP contribution in [0.2, 0.25) is 0 Å². The average Bonchev–Trinajstić information content (AvgIpc) is 2.70. The lowest BCUT2D eigenvalue weighted by molar-refractivity contribution is 0.0911. The van der Waals surface area contributed by atoms with Gasteiger partial charge >= 0.3 is 0 Å². The lowest BCUT2D eigenvalue weighted by atomic mass is 9.75. The van der Waals surface area contributed by atoms with Crippen LogP contribution in [-0.2, 0) is 12.8 Å². The van der Waals surface area contributed by atoms with Gasteiger partial charge in [-0.05, 0) is 24.3 Å². The summed E-state index contributed by atoms with van der Waals surface area (Å²) >= 11 is 0. The maximum atomic E-state index is 12.3. The lowest BCUT2D eigenvalue weighted by Crippen LogP contribution is -2.27. The Labute approximate surface area is 119 Å². The van der Waals surface area contributed by atoms with Gasteiger partial charge in [0.15, 0.2) is 11.5 Å². The van der Waals surface area contributed by atoms with Gasteiger partial charge in [0.25, 0.3) is 0 Å². The fourth-order valence-electron chi connectivity index (χ4n) is 2.97. The van der Waals surface area contributed by atoms with Crippen LogP contribution in [0.5, 0.6) is 0 Å². The zero-order valence-corrected chi connectivity index (χ0v) is 12.2. The van der Waals surface area contributed by atoms with E-state index in [1.54, 1.807) is 0 Å². The maximum Gasteiger partial charge on any atom is 0.168 e. The van der Waals surface area contributed by atoms with Gasteiger partial charge in [0, 0.05) is 12.8 Å². The van der Waals surface area contributed by atoms with Crippen LogP contribution in [0.3, 0.4) is 0 Å². The summed E-state index contributed by atoms with van der Waals surface area (Å²) in [5, 5.41) is 4.13. The van der Waals surface area contributed by atoms with Gasteiger partial charge in [0.2, 0.25) is 0 Å². The van der Waals surface area contributed by atoms with E-state index in [4.69, 9.17) is 4.52 Å². The molecule has 1 aromatic carbocycles. The molecule has 0 N–H and O–H groups in total. The number of ketones is 1. The summed E-state index contributed by atoms with van der Waals surface area (Å²) in [4.78, 5) is 12.3. The molecule has 3 rings (SSSR count). The first-order valence-electron chi connectivity index (χ1n) is 7.01. The first-order chi connectivity index (χ1) is 9.44. The monoisotopic (exact) mass is 269 g/mol. The highest BCUT2D eigenvalue weighted by molar-refractivity contribution is 5.99. The Hall–Kier alpha value is -1.90. The number of hydrogen-bond donors (Lipinski definition) is 0. The molecule has 0 unspecified atom stereocenters. The molecular formula is C17H19NO2. The van der Waals surface area contributed by atoms with Gasteiger partial charge in [-0.1, -0.05) is 48.8 Å². The van der Waals surface area contributed by atoms with Crippen LogP contribution in [-0.4, -0.2) is 10.9 Å². The number of Topliss-reactive ketones (excluding diaryl/α,β-unsaturated/α-hetero) is 1. The Morgan fingerprint density at radius 1 is 1.30 bits per heavy atom. The molecular weight excluding hydrogens is 250 g/mol. The number of aromatic nitrogens is 1. The molecule has 0 fully saturated rings. The second kappa shape index (κ2) is 4.58. The highest BCUT2D eigenvalue weighted by atomic mass is 16.5. The van der Waals surface area contributed by atoms with Crippen molar-refractivity contribution >= 4 is 5.78 Å². The SMILES string of the molecule is Cc1cccc(Cc2onc3c2C(=O)CC(C)(C)C3)c1. The van der Waals surface area contributed by atoms with Crippen molar-refractivity contribution in [2.75, 3.05) is 0 Å². The minimum absolute atomic E-state index is 0.0123. The normalized spacial score (nSPS) is 17.1. The smallest absolute Gasteiger partial charge is 0.168 e. The van der Waals surface area contributed by atoms with Crippen molar-refractivity contribution < 1.29 is 9.32 Å². The van der Waals surface area contributed by atoms with E-state index in [1.165, 1.54) is 5.56 Å². The fraction of sp³-hybridized carbons (Fsp3) is 0.412. The predicted octanol–water partition coefficient (Wildman–Crippen LogP) is 3.73. The first kappa shape index (κ1) is 13.1. The number of carbonyl (C=O) groups is 1. The lowest BCUT2D eigenvalue weighted by Gasteiger charge is -2.26. The fourth-order valence-corrected chi connectivity index (χ4v) is 2.97. The zero-order valence-electron chi connectivity index (χ0n) is 12.2. The van der Waals surface area contributed by atoms with Crippen LogP contribution in [0.25, 0.3) is 0 Å². The van der Waals surface area contributed by atoms with Crippen LogP contribution >= 0.6 is 0 Å². The molecule has 0 bridgehead atoms. The number of hydrogen-bond acceptors (Lipinski definition) is 3. The topological polar surface area (TPSA) is 43.1 Å². The molecule has 0 saturated carbocycles. The summed E-state index contributed by atoms with van der Waals surface area (Å²) in [6.07, 6.45) is 2.02. The van der Waals surface area contributed by atoms with E-state index in [0.717, 1.165) is 23.2 Å². The Morgan fingerprint density at radius 3 is 2.85 bits per heavy atom. The van der Waals surface area contributed by atoms with Crippen LogP contribution in [0.1, 0.15) is 53.2 Å². The van der Waals surface area contributed by atoms with E-state index in [1.807, 2.05) is 6.07 Å². The van der Waals surface area contributed by atoms with E-state index < -0.39 is 0 Å². The third-order valence-corrected chi connectivity index (χ3v) is 3.84. The first-order valence-corrected chi connectivity index (χ1v) is 7.01. The molecule has 3 nitrogen and oxygen atoms in total. The van der Waals surface area contributed by atoms with Crippen molar-refractivity contribution in [2.24, 2.45) is 5.41 Å². The molecule has 0 atom stereocenters. The van der Waals surface area contributed by atoms with Crippen LogP contribution in [0, 0.1) is 12.3 Å². The van der Waals surface area contributed by atoms with Crippen molar-refractivity contribution in [1.29, 1.82) is 0 Å². The molecule has 3 heteroatoms. The summed E-state index contributed by atoms with van der Waals surface area (Å²) < 4.78 is 5.45. The molecule has 1 aliphatic carbocycles. The third-order valence-electron chi connectivity index (χ3n) is 3.84. The van der Waals surface area contributed by atoms with E-state index in [9.17, 15) is 4.79 Å². The summed E-state index contributed by atoms with van der Waals surface area (Å²) in [5.74, 6) is 0.881. The van der Waals surface area contributed by atoms with Crippen molar-refractivity contribution in [3.8, 4) is 0 Å². The number of carbonyl (C=O) groups excluding carboxylic acids is 1. The maximum absolute atomic E-state index is 12.3. The largest absolute Gasteiger partial charge is 0.360 e. The molecule has 20 heavy (non-hydrogen) atoms. The van der Waals surface area contributed by atoms with Crippen molar-refractivity contribution in [1.82, 2.24) is 5.16 Å². The van der Waals surface area contributed by atoms with Gasteiger partial charge in [0.1, 0.15) is 0 Å². The average molecular weight is 269 g/mol. The molecule has 1 heterocycles. The molecule has 1 aromatic heterocycles. The predicted molar refractivity (Wildman–Crippen MR) is 76.9 cm³/mol. The highest BCUT2D eigenvalue weighted by Gasteiger charge is 2.35. The highest BCUT2D eigenvalue weighted by Crippen LogP contribution is 2.36. The van der Waals surface area contributed by atoms with Crippen molar-refractivity contribution in [3.63, 3.8) is 0 Å². The third kappa shape index (κ3) is 2.40. The van der Waals surface area contributed by atoms with Crippen LogP contribution in [0.15, 0.2) is 28.8 Å². The summed E-state index contributed by atoms with van der Waals surface area (Å²) in [6.45, 7) is 6.26. The number of nitrogens with zero attached hydrogens (tertiary/aromatic N) is 1. The molecule has 0 saturated heterocycles. The number of fused-ring (bicyclic) bond motifs is 1. The number of rotatable bonds is 2. The Kier molecular flexibility index (Phi) is 3.00. The Balaban J connectivity index is 1.94. The standard InChI is InChI=1S/C17H19NO2/c1-11-5-4-6-12(7-11)8-15-16-13(18-20-15)9-17(2,3)10-14(16)19/h4-7H,8-10H2,1-3H3. The van der Waals surface area contributed by atoms with Crippen LogP contribution in [0.4, 0.5) is 0 Å². The molecule has 0 amide bonds. The minimum Gasteiger partial charge on any atom is -0.360 e. The molecule has 0 radical (unpaired) electrons. The van der Waals surface area contributed by atoms with Crippen molar-refractivity contribution in [2.45, 2.75) is 40.0 Å². The Bertz CT molecular complexity index is 667. The quantitative estimate of drug-likeness (QED) is 0.834. The van der Waals surface area contributed by atoms with Gasteiger partial charge in [0.05, 0.1) is 11.3 Å². The summed E-state index contributed by atoms with van der Waals surface area (Å²) in [5.41, 5.74) is 3.91. The van der Waals surface area contributed by atoms with E-state index >= 15 is 0 Å². The van der Waals surface area contributed by atoms with Gasteiger partial charge in [-0.15, -0.1) is 0 Å². The van der Waals surface area contributed by atoms with Gasteiger partial charge in [-0.25, -0.2) is 0 Å². The van der Waals surface area contributed by atoms with Gasteiger partial charge in [-0.2, -0.15) is 0 Å². The molecule has 2 aromatic rings. The second-order valence-corrected chi connectivity index (χ2v) is 6.53. The molecule has 1 aliphatic rings. The number of benzene rings is 1. The molecule has 0 aliphatic heterocycles. The number of aryl methyl sites for hydroxylation is 1. The van der Waals surface area contributed by atoms with E-state index in [-0.39, 0.29) is 11.2 Å². The van der Waals surface area contributed by atoms with Crippen LogP contribution < -0.4 is 0 Å². The van der Waals surface area contributed by atoms with Crippen molar-refractivity contribution in [3.05, 3.63) is 52.4 Å². The minimum atomic E-state index is -0.0123. The second-order valence-electron chi connectivity index (χ2n) is 6.53. The molecule has 104 valence electrons.